The van der Waals surface area contributed by atoms with Crippen molar-refractivity contribution in [3.63, 3.8) is 0 Å². The summed E-state index contributed by atoms with van der Waals surface area (Å²) in [5.41, 5.74) is 6.14. The fourth-order valence-electron chi connectivity index (χ4n) is 1.09. The topological polar surface area (TPSA) is 69.2 Å². The van der Waals surface area contributed by atoms with Crippen LogP contribution in [-0.2, 0) is 6.42 Å². The maximum atomic E-state index is 10.6. The highest BCUT2D eigenvalue weighted by Crippen LogP contribution is 2.22. The minimum absolute atomic E-state index is 0.133. The van der Waals surface area contributed by atoms with E-state index >= 15 is 0 Å². The number of rotatable bonds is 3. The standard InChI is InChI=1S/C8H9BrN2O2/c9-7-1-2-8(11(12)13)6(5-7)3-4-10/h1-2,5H,3-4,10H2. The van der Waals surface area contributed by atoms with Crippen molar-refractivity contribution in [3.8, 4) is 0 Å². The lowest BCUT2D eigenvalue weighted by atomic mass is 10.1. The fourth-order valence-corrected chi connectivity index (χ4v) is 1.50. The van der Waals surface area contributed by atoms with Gasteiger partial charge >= 0.3 is 0 Å². The molecule has 13 heavy (non-hydrogen) atoms. The zero-order valence-electron chi connectivity index (χ0n) is 6.87. The molecule has 0 amide bonds. The highest BCUT2D eigenvalue weighted by atomic mass is 79.9. The lowest BCUT2D eigenvalue weighted by molar-refractivity contribution is -0.385. The smallest absolute Gasteiger partial charge is 0.272 e. The van der Waals surface area contributed by atoms with E-state index in [2.05, 4.69) is 15.9 Å². The molecule has 0 saturated carbocycles. The van der Waals surface area contributed by atoms with Gasteiger partial charge in [-0.1, -0.05) is 15.9 Å². The van der Waals surface area contributed by atoms with Gasteiger partial charge in [-0.2, -0.15) is 0 Å². The molecule has 1 aromatic rings. The predicted octanol–water partition coefficient (Wildman–Crippen LogP) is 1.86. The van der Waals surface area contributed by atoms with E-state index in [0.717, 1.165) is 4.47 Å². The van der Waals surface area contributed by atoms with Crippen molar-refractivity contribution in [1.82, 2.24) is 0 Å². The van der Waals surface area contributed by atoms with Crippen molar-refractivity contribution < 1.29 is 4.92 Å². The lowest BCUT2D eigenvalue weighted by Gasteiger charge is -2.01. The highest BCUT2D eigenvalue weighted by molar-refractivity contribution is 9.10. The van der Waals surface area contributed by atoms with Gasteiger partial charge in [0, 0.05) is 16.1 Å². The third-order valence-corrected chi connectivity index (χ3v) is 2.15. The van der Waals surface area contributed by atoms with Crippen molar-refractivity contribution in [3.05, 3.63) is 38.3 Å². The number of nitro groups is 1. The summed E-state index contributed by atoms with van der Waals surface area (Å²) in [7, 11) is 0. The van der Waals surface area contributed by atoms with Gasteiger partial charge in [0.1, 0.15) is 0 Å². The third-order valence-electron chi connectivity index (χ3n) is 1.65. The Morgan fingerprint density at radius 2 is 2.23 bits per heavy atom. The molecule has 0 bridgehead atoms. The first-order chi connectivity index (χ1) is 6.15. The van der Waals surface area contributed by atoms with Gasteiger partial charge in [0.15, 0.2) is 0 Å². The Hall–Kier alpha value is -0.940. The second-order valence-corrected chi connectivity index (χ2v) is 3.48. The molecule has 0 fully saturated rings. The SMILES string of the molecule is NCCc1cc(Br)ccc1[N+](=O)[O-]. The average molecular weight is 245 g/mol. The molecule has 0 aliphatic rings. The first-order valence-corrected chi connectivity index (χ1v) is 4.57. The maximum absolute atomic E-state index is 10.6. The molecule has 0 saturated heterocycles. The van der Waals surface area contributed by atoms with Crippen LogP contribution in [0, 0.1) is 10.1 Å². The molecule has 0 aliphatic heterocycles. The van der Waals surface area contributed by atoms with E-state index in [1.165, 1.54) is 6.07 Å². The summed E-state index contributed by atoms with van der Waals surface area (Å²) in [6.45, 7) is 0.414. The predicted molar refractivity (Wildman–Crippen MR) is 53.6 cm³/mol. The summed E-state index contributed by atoms with van der Waals surface area (Å²) in [4.78, 5) is 10.2. The van der Waals surface area contributed by atoms with Crippen molar-refractivity contribution in [2.75, 3.05) is 6.54 Å². The van der Waals surface area contributed by atoms with Crippen LogP contribution in [0.2, 0.25) is 0 Å². The van der Waals surface area contributed by atoms with Crippen molar-refractivity contribution in [2.45, 2.75) is 6.42 Å². The Morgan fingerprint density at radius 1 is 1.54 bits per heavy atom. The molecule has 0 atom stereocenters. The molecule has 1 aromatic carbocycles. The van der Waals surface area contributed by atoms with Crippen LogP contribution in [0.25, 0.3) is 0 Å². The average Bonchev–Trinajstić information content (AvgIpc) is 2.04. The van der Waals surface area contributed by atoms with Crippen molar-refractivity contribution in [2.24, 2.45) is 5.73 Å². The lowest BCUT2D eigenvalue weighted by Crippen LogP contribution is -2.05. The Kier molecular flexibility index (Phi) is 3.39. The van der Waals surface area contributed by atoms with Crippen LogP contribution in [0.1, 0.15) is 5.56 Å². The van der Waals surface area contributed by atoms with Gasteiger partial charge < -0.3 is 5.73 Å². The normalized spacial score (nSPS) is 10.0. The summed E-state index contributed by atoms with van der Waals surface area (Å²) in [6.07, 6.45) is 0.524. The summed E-state index contributed by atoms with van der Waals surface area (Å²) in [5, 5.41) is 10.6. The van der Waals surface area contributed by atoms with E-state index in [4.69, 9.17) is 5.73 Å². The number of hydrogen-bond acceptors (Lipinski definition) is 3. The van der Waals surface area contributed by atoms with E-state index in [9.17, 15) is 10.1 Å². The Balaban J connectivity index is 3.10. The zero-order valence-corrected chi connectivity index (χ0v) is 8.45. The monoisotopic (exact) mass is 244 g/mol. The molecule has 1 rings (SSSR count). The van der Waals surface area contributed by atoms with E-state index < -0.39 is 4.92 Å². The number of nitrogens with two attached hydrogens (primary N) is 1. The number of halogens is 1. The molecule has 2 N–H and O–H groups in total. The van der Waals surface area contributed by atoms with Crippen LogP contribution < -0.4 is 5.73 Å². The summed E-state index contributed by atoms with van der Waals surface area (Å²) in [5.74, 6) is 0. The largest absolute Gasteiger partial charge is 0.330 e. The van der Waals surface area contributed by atoms with Crippen molar-refractivity contribution >= 4 is 21.6 Å². The molecule has 0 spiro atoms. The quantitative estimate of drug-likeness (QED) is 0.652. The highest BCUT2D eigenvalue weighted by Gasteiger charge is 2.12. The summed E-state index contributed by atoms with van der Waals surface area (Å²) in [6, 6.07) is 4.86. The van der Waals surface area contributed by atoms with Gasteiger partial charge in [-0.15, -0.1) is 0 Å². The zero-order chi connectivity index (χ0) is 9.84. The van der Waals surface area contributed by atoms with Crippen LogP contribution in [0.3, 0.4) is 0 Å². The first-order valence-electron chi connectivity index (χ1n) is 3.78. The molecule has 0 aliphatic carbocycles. The van der Waals surface area contributed by atoms with Gasteiger partial charge in [0.05, 0.1) is 4.92 Å². The van der Waals surface area contributed by atoms with Gasteiger partial charge in [0.2, 0.25) is 0 Å². The fraction of sp³-hybridized carbons (Fsp3) is 0.250. The Labute approximate surface area is 84.0 Å². The second kappa shape index (κ2) is 4.34. The molecular formula is C8H9BrN2O2. The second-order valence-electron chi connectivity index (χ2n) is 2.57. The third kappa shape index (κ3) is 2.50. The van der Waals surface area contributed by atoms with E-state index in [1.54, 1.807) is 12.1 Å². The first kappa shape index (κ1) is 10.1. The van der Waals surface area contributed by atoms with Crippen LogP contribution in [0.15, 0.2) is 22.7 Å². The number of nitrogens with zero attached hydrogens (tertiary/aromatic N) is 1. The molecule has 0 aromatic heterocycles. The van der Waals surface area contributed by atoms with Gasteiger partial charge in [-0.3, -0.25) is 10.1 Å². The molecule has 4 nitrogen and oxygen atoms in total. The van der Waals surface area contributed by atoms with Crippen LogP contribution in [0.4, 0.5) is 5.69 Å². The van der Waals surface area contributed by atoms with Gasteiger partial charge in [-0.25, -0.2) is 0 Å². The number of nitro benzene ring substituents is 1. The van der Waals surface area contributed by atoms with E-state index in [0.29, 0.717) is 18.5 Å². The van der Waals surface area contributed by atoms with Crippen molar-refractivity contribution in [1.29, 1.82) is 0 Å². The minimum atomic E-state index is -0.391. The Morgan fingerprint density at radius 3 is 2.77 bits per heavy atom. The number of hydrogen-bond donors (Lipinski definition) is 1. The summed E-state index contributed by atoms with van der Waals surface area (Å²) < 4.78 is 0.835. The molecule has 0 unspecified atom stereocenters. The van der Waals surface area contributed by atoms with E-state index in [1.807, 2.05) is 0 Å². The van der Waals surface area contributed by atoms with Crippen LogP contribution in [-0.4, -0.2) is 11.5 Å². The molecule has 5 heteroatoms. The van der Waals surface area contributed by atoms with Gasteiger partial charge in [-0.05, 0) is 25.1 Å². The van der Waals surface area contributed by atoms with Crippen LogP contribution >= 0.6 is 15.9 Å². The minimum Gasteiger partial charge on any atom is -0.330 e. The molecule has 0 radical (unpaired) electrons. The molecular weight excluding hydrogens is 236 g/mol. The molecule has 70 valence electrons. The summed E-state index contributed by atoms with van der Waals surface area (Å²) >= 11 is 3.25. The molecule has 0 heterocycles. The number of benzene rings is 1. The van der Waals surface area contributed by atoms with Crippen LogP contribution in [0.5, 0.6) is 0 Å². The van der Waals surface area contributed by atoms with Gasteiger partial charge in [0.25, 0.3) is 5.69 Å². The van der Waals surface area contributed by atoms with E-state index in [-0.39, 0.29) is 5.69 Å². The maximum Gasteiger partial charge on any atom is 0.272 e. The Bertz CT molecular complexity index is 328.